The third-order valence-electron chi connectivity index (χ3n) is 2.05. The Morgan fingerprint density at radius 3 is 1.88 bits per heavy atom. The van der Waals surface area contributed by atoms with Gasteiger partial charge in [0, 0.05) is 0 Å². The number of hydrogen-bond donors (Lipinski definition) is 0. The quantitative estimate of drug-likeness (QED) is 0.742. The molecule has 0 fully saturated rings. The molecule has 16 heavy (non-hydrogen) atoms. The van der Waals surface area contributed by atoms with Crippen LogP contribution in [0.2, 0.25) is 0 Å². The van der Waals surface area contributed by atoms with Crippen LogP contribution >= 0.6 is 0 Å². The van der Waals surface area contributed by atoms with Gasteiger partial charge in [0.25, 0.3) is 0 Å². The second-order valence-corrected chi connectivity index (χ2v) is 3.35. The van der Waals surface area contributed by atoms with Crippen molar-refractivity contribution < 1.29 is 8.78 Å². The fraction of sp³-hybridized carbons (Fsp3) is 0.182. The molecule has 0 aliphatic carbocycles. The van der Waals surface area contributed by atoms with Gasteiger partial charge in [0.15, 0.2) is 5.82 Å². The summed E-state index contributed by atoms with van der Waals surface area (Å²) in [5.74, 6) is -0.453. The lowest BCUT2D eigenvalue weighted by molar-refractivity contribution is 0.587. The summed E-state index contributed by atoms with van der Waals surface area (Å²) in [6, 6.07) is 3.65. The second-order valence-electron chi connectivity index (χ2n) is 3.35. The highest BCUT2D eigenvalue weighted by Gasteiger charge is 2.14. The highest BCUT2D eigenvalue weighted by atomic mass is 19.1. The summed E-state index contributed by atoms with van der Waals surface area (Å²) in [5.41, 5.74) is -0.212. The molecule has 0 amide bonds. The molecule has 2 rings (SSSR count). The lowest BCUT2D eigenvalue weighted by atomic mass is 10.2. The highest BCUT2D eigenvalue weighted by Crippen LogP contribution is 2.22. The van der Waals surface area contributed by atoms with Crippen LogP contribution in [0.3, 0.4) is 0 Å². The number of aromatic nitrogens is 3. The van der Waals surface area contributed by atoms with Crippen molar-refractivity contribution in [2.75, 3.05) is 0 Å². The van der Waals surface area contributed by atoms with Gasteiger partial charge in [-0.25, -0.2) is 23.7 Å². The summed E-state index contributed by atoms with van der Waals surface area (Å²) >= 11 is 0. The van der Waals surface area contributed by atoms with Gasteiger partial charge in [-0.2, -0.15) is 0 Å². The first kappa shape index (κ1) is 10.6. The van der Waals surface area contributed by atoms with Crippen LogP contribution in [0.15, 0.2) is 18.2 Å². The van der Waals surface area contributed by atoms with Crippen molar-refractivity contribution in [3.8, 4) is 11.4 Å². The second kappa shape index (κ2) is 3.92. The molecule has 0 bridgehead atoms. The van der Waals surface area contributed by atoms with Crippen LogP contribution in [0.1, 0.15) is 11.6 Å². The van der Waals surface area contributed by atoms with Crippen molar-refractivity contribution in [1.29, 1.82) is 0 Å². The number of hydrogen-bond acceptors (Lipinski definition) is 3. The number of rotatable bonds is 1. The van der Waals surface area contributed by atoms with E-state index in [-0.39, 0.29) is 11.4 Å². The Morgan fingerprint density at radius 2 is 1.38 bits per heavy atom. The summed E-state index contributed by atoms with van der Waals surface area (Å²) in [6.45, 7) is 3.30. The average Bonchev–Trinajstić information content (AvgIpc) is 2.15. The maximum absolute atomic E-state index is 13.5. The highest BCUT2D eigenvalue weighted by molar-refractivity contribution is 5.56. The average molecular weight is 221 g/mol. The monoisotopic (exact) mass is 221 g/mol. The van der Waals surface area contributed by atoms with Gasteiger partial charge in [-0.05, 0) is 26.0 Å². The van der Waals surface area contributed by atoms with Crippen LogP contribution in [0, 0.1) is 25.5 Å². The molecule has 0 radical (unpaired) electrons. The number of aryl methyl sites for hydroxylation is 2. The SMILES string of the molecule is Cc1nc(C)nc(-c2c(F)cccc2F)n1. The fourth-order valence-electron chi connectivity index (χ4n) is 1.44. The molecule has 0 N–H and O–H groups in total. The minimum Gasteiger partial charge on any atom is -0.219 e. The number of halogens is 2. The van der Waals surface area contributed by atoms with E-state index in [1.54, 1.807) is 13.8 Å². The van der Waals surface area contributed by atoms with Crippen LogP contribution in [0.4, 0.5) is 8.78 Å². The van der Waals surface area contributed by atoms with Crippen LogP contribution in [0.5, 0.6) is 0 Å². The van der Waals surface area contributed by atoms with Crippen LogP contribution in [-0.2, 0) is 0 Å². The molecule has 1 aromatic heterocycles. The zero-order chi connectivity index (χ0) is 11.7. The molecule has 5 heteroatoms. The van der Waals surface area contributed by atoms with Gasteiger partial charge >= 0.3 is 0 Å². The molecule has 0 spiro atoms. The number of benzene rings is 1. The Hall–Kier alpha value is -1.91. The Balaban J connectivity index is 2.67. The van der Waals surface area contributed by atoms with Crippen molar-refractivity contribution in [3.63, 3.8) is 0 Å². The Morgan fingerprint density at radius 1 is 0.875 bits per heavy atom. The Bertz CT molecular complexity index is 500. The van der Waals surface area contributed by atoms with Gasteiger partial charge in [0.05, 0.1) is 5.56 Å². The lowest BCUT2D eigenvalue weighted by Gasteiger charge is -2.04. The minimum atomic E-state index is -0.676. The molecule has 0 saturated carbocycles. The molecule has 0 saturated heterocycles. The van der Waals surface area contributed by atoms with Gasteiger partial charge < -0.3 is 0 Å². The van der Waals surface area contributed by atoms with E-state index in [1.165, 1.54) is 18.2 Å². The van der Waals surface area contributed by atoms with Gasteiger partial charge in [-0.15, -0.1) is 0 Å². The minimum absolute atomic E-state index is 0.0283. The molecule has 0 unspecified atom stereocenters. The smallest absolute Gasteiger partial charge is 0.169 e. The summed E-state index contributed by atoms with van der Waals surface area (Å²) in [6.07, 6.45) is 0. The topological polar surface area (TPSA) is 38.7 Å². The van der Waals surface area contributed by atoms with E-state index in [1.807, 2.05) is 0 Å². The first-order valence-electron chi connectivity index (χ1n) is 4.71. The van der Waals surface area contributed by atoms with Crippen molar-refractivity contribution in [3.05, 3.63) is 41.5 Å². The summed E-state index contributed by atoms with van der Waals surface area (Å²) in [5, 5.41) is 0. The van der Waals surface area contributed by atoms with Crippen molar-refractivity contribution in [1.82, 2.24) is 15.0 Å². The molecular formula is C11H9F2N3. The molecular weight excluding hydrogens is 212 g/mol. The summed E-state index contributed by atoms with van der Waals surface area (Å²) in [7, 11) is 0. The molecule has 82 valence electrons. The van der Waals surface area contributed by atoms with Crippen LogP contribution in [0.25, 0.3) is 11.4 Å². The Labute approximate surface area is 91.2 Å². The van der Waals surface area contributed by atoms with E-state index >= 15 is 0 Å². The van der Waals surface area contributed by atoms with Crippen molar-refractivity contribution in [2.24, 2.45) is 0 Å². The Kier molecular flexibility index (Phi) is 2.60. The largest absolute Gasteiger partial charge is 0.219 e. The number of nitrogens with zero attached hydrogens (tertiary/aromatic N) is 3. The first-order valence-corrected chi connectivity index (χ1v) is 4.71. The van der Waals surface area contributed by atoms with Gasteiger partial charge in [0.2, 0.25) is 0 Å². The molecule has 1 heterocycles. The predicted molar refractivity (Wildman–Crippen MR) is 54.7 cm³/mol. The predicted octanol–water partition coefficient (Wildman–Crippen LogP) is 2.43. The summed E-state index contributed by atoms with van der Waals surface area (Å²) in [4.78, 5) is 11.8. The lowest BCUT2D eigenvalue weighted by Crippen LogP contribution is -2.01. The third-order valence-corrected chi connectivity index (χ3v) is 2.05. The molecule has 3 nitrogen and oxygen atoms in total. The maximum Gasteiger partial charge on any atom is 0.169 e. The van der Waals surface area contributed by atoms with E-state index in [4.69, 9.17) is 0 Å². The first-order chi connectivity index (χ1) is 7.58. The van der Waals surface area contributed by atoms with E-state index in [0.29, 0.717) is 11.6 Å². The molecule has 1 aromatic carbocycles. The standard InChI is InChI=1S/C11H9F2N3/c1-6-14-7(2)16-11(15-6)10-8(12)4-3-5-9(10)13/h3-5H,1-2H3. The molecule has 0 aliphatic rings. The van der Waals surface area contributed by atoms with Crippen LogP contribution in [-0.4, -0.2) is 15.0 Å². The molecule has 0 aliphatic heterocycles. The van der Waals surface area contributed by atoms with E-state index in [9.17, 15) is 8.78 Å². The van der Waals surface area contributed by atoms with Crippen molar-refractivity contribution >= 4 is 0 Å². The molecule has 2 aromatic rings. The maximum atomic E-state index is 13.5. The fourth-order valence-corrected chi connectivity index (χ4v) is 1.44. The normalized spacial score (nSPS) is 10.5. The van der Waals surface area contributed by atoms with E-state index in [0.717, 1.165) is 0 Å². The van der Waals surface area contributed by atoms with Crippen molar-refractivity contribution in [2.45, 2.75) is 13.8 Å². The zero-order valence-electron chi connectivity index (χ0n) is 8.83. The van der Waals surface area contributed by atoms with E-state index < -0.39 is 11.6 Å². The van der Waals surface area contributed by atoms with E-state index in [2.05, 4.69) is 15.0 Å². The molecule has 0 atom stereocenters. The van der Waals surface area contributed by atoms with Gasteiger partial charge in [-0.1, -0.05) is 6.07 Å². The van der Waals surface area contributed by atoms with Crippen LogP contribution < -0.4 is 0 Å². The zero-order valence-corrected chi connectivity index (χ0v) is 8.83. The van der Waals surface area contributed by atoms with Gasteiger partial charge in [0.1, 0.15) is 23.3 Å². The summed E-state index contributed by atoms with van der Waals surface area (Å²) < 4.78 is 26.9. The third kappa shape index (κ3) is 1.88. The van der Waals surface area contributed by atoms with Gasteiger partial charge in [-0.3, -0.25) is 0 Å².